The second-order valence-corrected chi connectivity index (χ2v) is 14.1. The SMILES string of the molecule is C1=CC2[CH-]C3CCCCC3C2C=C1.CCC1=[C-]CC=C1.C[Si](C)=[Ti+2]. The fraction of sp³-hybridized carbons (Fsp3) is 0.591. The first-order chi connectivity index (χ1) is 11.6. The van der Waals surface area contributed by atoms with E-state index in [2.05, 4.69) is 88.1 Å². The van der Waals surface area contributed by atoms with E-state index in [4.69, 9.17) is 0 Å². The standard InChI is InChI=1S/C13H17.C7H9.C2H6Si.Ti/c1-3-7-12-10(5-1)9-11-6-2-4-8-13(11)12;1-2-7-5-3-4-6-7;1-3-2;/h1,3,5,7,9-13H,2,4,6,8H2;3,5H,2,4H2,1H3;1-2H3;/q2*-1;;+2. The molecule has 0 heterocycles. The van der Waals surface area contributed by atoms with Gasteiger partial charge in [-0.05, 0) is 5.92 Å². The summed E-state index contributed by atoms with van der Waals surface area (Å²) in [5, 5.41) is 0. The van der Waals surface area contributed by atoms with Gasteiger partial charge < -0.3 is 6.42 Å². The van der Waals surface area contributed by atoms with Gasteiger partial charge in [-0.2, -0.15) is 12.0 Å². The minimum absolute atomic E-state index is 0.120. The van der Waals surface area contributed by atoms with Gasteiger partial charge in [0.1, 0.15) is 0 Å². The zero-order valence-corrected chi connectivity index (χ0v) is 18.2. The van der Waals surface area contributed by atoms with Crippen LogP contribution in [0.15, 0.2) is 42.0 Å². The van der Waals surface area contributed by atoms with Gasteiger partial charge in [-0.3, -0.25) is 6.08 Å². The molecule has 0 bridgehead atoms. The summed E-state index contributed by atoms with van der Waals surface area (Å²) in [4.78, 5) is 0. The molecule has 0 spiro atoms. The van der Waals surface area contributed by atoms with Crippen LogP contribution in [-0.2, 0) is 19.2 Å². The first kappa shape index (κ1) is 20.2. The van der Waals surface area contributed by atoms with Crippen molar-refractivity contribution < 1.29 is 19.2 Å². The Morgan fingerprint density at radius 2 is 1.92 bits per heavy atom. The molecule has 0 radical (unpaired) electrons. The van der Waals surface area contributed by atoms with Gasteiger partial charge in [0, 0.05) is 0 Å². The van der Waals surface area contributed by atoms with Crippen LogP contribution >= 0.6 is 0 Å². The first-order valence-corrected chi connectivity index (χ1v) is 14.4. The molecular weight excluding hydrogens is 340 g/mol. The fourth-order valence-corrected chi connectivity index (χ4v) is 4.15. The number of hydrogen-bond donors (Lipinski definition) is 0. The topological polar surface area (TPSA) is 0 Å². The molecule has 0 amide bonds. The summed E-state index contributed by atoms with van der Waals surface area (Å²) in [5.74, 6) is 3.56. The van der Waals surface area contributed by atoms with Gasteiger partial charge in [0.05, 0.1) is 0 Å². The zero-order valence-electron chi connectivity index (χ0n) is 15.6. The van der Waals surface area contributed by atoms with Crippen molar-refractivity contribution >= 4 is 6.19 Å². The van der Waals surface area contributed by atoms with Gasteiger partial charge >= 0.3 is 38.5 Å². The van der Waals surface area contributed by atoms with Crippen LogP contribution in [0.1, 0.15) is 45.4 Å². The summed E-state index contributed by atoms with van der Waals surface area (Å²) >= 11 is 2.27. The quantitative estimate of drug-likeness (QED) is 0.378. The Kier molecular flexibility index (Phi) is 9.08. The van der Waals surface area contributed by atoms with Crippen molar-refractivity contribution in [3.8, 4) is 0 Å². The van der Waals surface area contributed by atoms with E-state index in [9.17, 15) is 0 Å². The van der Waals surface area contributed by atoms with E-state index in [-0.39, 0.29) is 6.19 Å². The molecule has 0 N–H and O–H groups in total. The maximum atomic E-state index is 3.21. The molecule has 4 rings (SSSR count). The molecule has 0 aliphatic heterocycles. The minimum atomic E-state index is 0.120. The van der Waals surface area contributed by atoms with Gasteiger partial charge in [0.15, 0.2) is 0 Å². The second-order valence-electron chi connectivity index (χ2n) is 7.39. The van der Waals surface area contributed by atoms with Crippen LogP contribution in [0.2, 0.25) is 13.1 Å². The Morgan fingerprint density at radius 1 is 1.21 bits per heavy atom. The molecule has 0 aromatic carbocycles. The Morgan fingerprint density at radius 3 is 2.54 bits per heavy atom. The second kappa shape index (κ2) is 10.8. The van der Waals surface area contributed by atoms with Crippen LogP contribution in [0, 0.1) is 36.2 Å². The Labute approximate surface area is 161 Å². The summed E-state index contributed by atoms with van der Waals surface area (Å²) < 4.78 is 0. The average Bonchev–Trinajstić information content (AvgIpc) is 3.22. The summed E-state index contributed by atoms with van der Waals surface area (Å²) in [7, 11) is 0. The van der Waals surface area contributed by atoms with Crippen molar-refractivity contribution in [2.24, 2.45) is 23.7 Å². The average molecular weight is 372 g/mol. The number of hydrogen-bond acceptors (Lipinski definition) is 0. The van der Waals surface area contributed by atoms with E-state index in [0.29, 0.717) is 0 Å². The van der Waals surface area contributed by atoms with Crippen LogP contribution in [0.25, 0.3) is 0 Å². The molecule has 4 aliphatic carbocycles. The van der Waals surface area contributed by atoms with Crippen molar-refractivity contribution in [3.63, 3.8) is 0 Å². The molecular formula is C22H32SiTi. The molecule has 0 nitrogen and oxygen atoms in total. The summed E-state index contributed by atoms with van der Waals surface area (Å²) in [5.41, 5.74) is 1.36. The van der Waals surface area contributed by atoms with E-state index in [1.807, 2.05) is 0 Å². The van der Waals surface area contributed by atoms with Crippen molar-refractivity contribution in [3.05, 3.63) is 54.5 Å². The Hall–Kier alpha value is -0.109. The van der Waals surface area contributed by atoms with Crippen molar-refractivity contribution in [2.45, 2.75) is 58.5 Å². The molecule has 2 saturated carbocycles. The van der Waals surface area contributed by atoms with Crippen LogP contribution in [0.4, 0.5) is 0 Å². The number of rotatable bonds is 1. The molecule has 0 saturated heterocycles. The third-order valence-electron chi connectivity index (χ3n) is 5.21. The van der Waals surface area contributed by atoms with E-state index in [1.165, 1.54) is 31.3 Å². The summed E-state index contributed by atoms with van der Waals surface area (Å²) in [6.07, 6.45) is 27.5. The molecule has 2 fully saturated rings. The van der Waals surface area contributed by atoms with Gasteiger partial charge in [-0.1, -0.05) is 63.2 Å². The van der Waals surface area contributed by atoms with E-state index in [1.54, 1.807) is 0 Å². The third kappa shape index (κ3) is 6.32. The molecule has 4 unspecified atom stereocenters. The molecule has 4 atom stereocenters. The van der Waals surface area contributed by atoms with Gasteiger partial charge in [0.25, 0.3) is 0 Å². The van der Waals surface area contributed by atoms with Crippen molar-refractivity contribution in [1.82, 2.24) is 0 Å². The van der Waals surface area contributed by atoms with Crippen molar-refractivity contribution in [1.29, 1.82) is 0 Å². The third-order valence-corrected chi connectivity index (χ3v) is 5.21. The monoisotopic (exact) mass is 372 g/mol. The number of fused-ring (bicyclic) bond motifs is 3. The Bertz CT molecular complexity index is 522. The Balaban J connectivity index is 0.000000160. The summed E-state index contributed by atoms with van der Waals surface area (Å²) in [6, 6.07) is 0. The van der Waals surface area contributed by atoms with Crippen LogP contribution < -0.4 is 0 Å². The normalized spacial score (nSPS) is 32.0. The van der Waals surface area contributed by atoms with Crippen LogP contribution in [0.5, 0.6) is 0 Å². The fourth-order valence-electron chi connectivity index (χ4n) is 4.15. The predicted octanol–water partition coefficient (Wildman–Crippen LogP) is 6.24. The van der Waals surface area contributed by atoms with Gasteiger partial charge in [-0.15, -0.1) is 18.4 Å². The van der Waals surface area contributed by atoms with Crippen LogP contribution in [-0.4, -0.2) is 6.19 Å². The van der Waals surface area contributed by atoms with Crippen LogP contribution in [0.3, 0.4) is 0 Å². The van der Waals surface area contributed by atoms with E-state index < -0.39 is 0 Å². The molecule has 4 aliphatic rings. The predicted molar refractivity (Wildman–Crippen MR) is 103 cm³/mol. The maximum absolute atomic E-state index is 3.21. The van der Waals surface area contributed by atoms with E-state index in [0.717, 1.165) is 36.5 Å². The molecule has 0 aromatic rings. The molecule has 2 heteroatoms. The van der Waals surface area contributed by atoms with Gasteiger partial charge in [0.2, 0.25) is 0 Å². The van der Waals surface area contributed by atoms with Gasteiger partial charge in [-0.25, -0.2) is 11.6 Å². The molecule has 128 valence electrons. The molecule has 24 heavy (non-hydrogen) atoms. The van der Waals surface area contributed by atoms with Crippen molar-refractivity contribution in [2.75, 3.05) is 0 Å². The van der Waals surface area contributed by atoms with E-state index >= 15 is 0 Å². The first-order valence-electron chi connectivity index (χ1n) is 9.59. The molecule has 0 aromatic heterocycles. The number of allylic oxidation sites excluding steroid dienone is 8. The zero-order chi connectivity index (χ0) is 17.4. The summed E-state index contributed by atoms with van der Waals surface area (Å²) in [6.45, 7) is 6.69.